The molecule has 0 radical (unpaired) electrons. The molecule has 0 aliphatic rings. The molecule has 0 bridgehead atoms. The van der Waals surface area contributed by atoms with E-state index in [-0.39, 0.29) is 11.1 Å². The zero-order valence-corrected chi connectivity index (χ0v) is 21.7. The van der Waals surface area contributed by atoms with Gasteiger partial charge in [0.15, 0.2) is 0 Å². The highest BCUT2D eigenvalue weighted by Gasteiger charge is 2.61. The van der Waals surface area contributed by atoms with Crippen molar-refractivity contribution in [2.75, 3.05) is 5.32 Å². The van der Waals surface area contributed by atoms with Crippen molar-refractivity contribution in [1.82, 2.24) is 5.16 Å². The minimum absolute atomic E-state index is 0.0159. The number of nitrogens with zero attached hydrogens (tertiary/aromatic N) is 1. The van der Waals surface area contributed by atoms with Gasteiger partial charge in [0.05, 0.1) is 11.1 Å². The first kappa shape index (κ1) is 27.4. The third kappa shape index (κ3) is 4.52. The number of hydrogen-bond acceptors (Lipinski definition) is 5. The Morgan fingerprint density at radius 1 is 0.944 bits per heavy atom. The normalized spacial score (nSPS) is 14.1. The van der Waals surface area contributed by atoms with Gasteiger partial charge in [-0.15, -0.1) is 0 Å². The van der Waals surface area contributed by atoms with E-state index in [1.807, 2.05) is 34.6 Å². The summed E-state index contributed by atoms with van der Waals surface area (Å²) in [4.78, 5) is 24.9. The zero-order chi connectivity index (χ0) is 27.4. The number of halogens is 3. The molecule has 1 aromatic heterocycles. The summed E-state index contributed by atoms with van der Waals surface area (Å²) in [5, 5.41) is 17.2. The molecule has 0 aliphatic heterocycles. The number of benzene rings is 2. The quantitative estimate of drug-likeness (QED) is 0.469. The first-order chi connectivity index (χ1) is 16.4. The standard InChI is InChI=1S/C27H31F3N2O4/c1-13-14(2)16(4)22(17(5)15(13)3)25(7,8)12-26(35,27(28,29)30)24(34)31-19-9-10-20-21(11-19)18(6)32-36-23(20)33/h9-11,35H,12H2,1-8H3,(H,31,34). The molecule has 0 fully saturated rings. The number of fused-ring (bicyclic) bond motifs is 1. The molecular formula is C27H31F3N2O4. The minimum Gasteiger partial charge on any atom is -0.373 e. The zero-order valence-electron chi connectivity index (χ0n) is 21.7. The van der Waals surface area contributed by atoms with Gasteiger partial charge >= 0.3 is 11.8 Å². The Bertz CT molecular complexity index is 1390. The van der Waals surface area contributed by atoms with E-state index in [2.05, 4.69) is 15.0 Å². The van der Waals surface area contributed by atoms with Gasteiger partial charge in [-0.3, -0.25) is 4.79 Å². The number of nitrogens with one attached hydrogen (secondary N) is 1. The molecule has 3 aromatic rings. The Kier molecular flexibility index (Phi) is 6.87. The largest absolute Gasteiger partial charge is 0.426 e. The molecule has 194 valence electrons. The summed E-state index contributed by atoms with van der Waals surface area (Å²) in [5.74, 6) is -1.60. The summed E-state index contributed by atoms with van der Waals surface area (Å²) in [5.41, 5.74) is 0.0434. The van der Waals surface area contributed by atoms with Crippen LogP contribution in [0.3, 0.4) is 0 Å². The SMILES string of the molecule is Cc1c(C)c(C)c(C(C)(C)CC(O)(C(=O)Nc2ccc3c(=O)onc(C)c3c2)C(F)(F)F)c(C)c1C. The van der Waals surface area contributed by atoms with E-state index >= 15 is 0 Å². The van der Waals surface area contributed by atoms with Crippen LogP contribution >= 0.6 is 0 Å². The fourth-order valence-corrected chi connectivity index (χ4v) is 5.09. The molecule has 6 nitrogen and oxygen atoms in total. The van der Waals surface area contributed by atoms with E-state index in [0.717, 1.165) is 27.8 Å². The first-order valence-electron chi connectivity index (χ1n) is 11.5. The Hall–Kier alpha value is -3.20. The van der Waals surface area contributed by atoms with Crippen molar-refractivity contribution < 1.29 is 27.6 Å². The third-order valence-electron chi connectivity index (χ3n) is 7.37. The molecule has 2 N–H and O–H groups in total. The molecular weight excluding hydrogens is 473 g/mol. The number of amides is 1. The number of aryl methyl sites for hydroxylation is 1. The smallest absolute Gasteiger partial charge is 0.373 e. The van der Waals surface area contributed by atoms with Crippen LogP contribution in [0.25, 0.3) is 10.8 Å². The Morgan fingerprint density at radius 2 is 1.47 bits per heavy atom. The number of anilines is 1. The van der Waals surface area contributed by atoms with Gasteiger partial charge in [0, 0.05) is 17.5 Å². The lowest BCUT2D eigenvalue weighted by molar-refractivity contribution is -0.254. The number of carbonyl (C=O) groups excluding carboxylic acids is 1. The van der Waals surface area contributed by atoms with E-state index in [1.165, 1.54) is 18.2 Å². The molecule has 1 heterocycles. The average molecular weight is 505 g/mol. The number of aliphatic hydroxyl groups is 1. The summed E-state index contributed by atoms with van der Waals surface area (Å²) >= 11 is 0. The highest BCUT2D eigenvalue weighted by Crippen LogP contribution is 2.45. The van der Waals surface area contributed by atoms with E-state index in [4.69, 9.17) is 0 Å². The van der Waals surface area contributed by atoms with Crippen LogP contribution in [-0.4, -0.2) is 27.9 Å². The van der Waals surface area contributed by atoms with Gasteiger partial charge in [-0.2, -0.15) is 13.2 Å². The second kappa shape index (κ2) is 9.03. The van der Waals surface area contributed by atoms with E-state index < -0.39 is 35.1 Å². The molecule has 2 aromatic carbocycles. The highest BCUT2D eigenvalue weighted by molar-refractivity contribution is 5.99. The lowest BCUT2D eigenvalue weighted by Crippen LogP contribution is -2.57. The number of alkyl halides is 3. The topological polar surface area (TPSA) is 92.4 Å². The van der Waals surface area contributed by atoms with Crippen LogP contribution in [0.4, 0.5) is 18.9 Å². The van der Waals surface area contributed by atoms with Crippen molar-refractivity contribution in [3.05, 3.63) is 67.7 Å². The van der Waals surface area contributed by atoms with Crippen LogP contribution in [0, 0.1) is 41.5 Å². The van der Waals surface area contributed by atoms with Gasteiger partial charge in [0.2, 0.25) is 5.60 Å². The Morgan fingerprint density at radius 3 is 2.00 bits per heavy atom. The van der Waals surface area contributed by atoms with Crippen LogP contribution in [0.1, 0.15) is 59.3 Å². The summed E-state index contributed by atoms with van der Waals surface area (Å²) in [6.07, 6.45) is -6.14. The van der Waals surface area contributed by atoms with Crippen molar-refractivity contribution in [2.24, 2.45) is 0 Å². The maximum absolute atomic E-state index is 14.3. The maximum atomic E-state index is 14.3. The third-order valence-corrected chi connectivity index (χ3v) is 7.37. The Labute approximate surface area is 207 Å². The van der Waals surface area contributed by atoms with E-state index in [9.17, 15) is 27.9 Å². The van der Waals surface area contributed by atoms with Crippen LogP contribution in [-0.2, 0) is 10.2 Å². The maximum Gasteiger partial charge on any atom is 0.426 e. The monoisotopic (exact) mass is 504 g/mol. The van der Waals surface area contributed by atoms with E-state index in [0.29, 0.717) is 16.6 Å². The second-order valence-corrected chi connectivity index (χ2v) is 10.2. The molecule has 0 saturated carbocycles. The summed E-state index contributed by atoms with van der Waals surface area (Å²) in [7, 11) is 0. The Balaban J connectivity index is 2.06. The fraction of sp³-hybridized carbons (Fsp3) is 0.444. The summed E-state index contributed by atoms with van der Waals surface area (Å²) in [6, 6.07) is 3.93. The average Bonchev–Trinajstić information content (AvgIpc) is 2.77. The molecule has 1 amide bonds. The van der Waals surface area contributed by atoms with Gasteiger partial charge in [-0.1, -0.05) is 19.0 Å². The molecule has 0 aliphatic carbocycles. The van der Waals surface area contributed by atoms with Crippen LogP contribution in [0.5, 0.6) is 0 Å². The minimum atomic E-state index is -5.25. The molecule has 0 spiro atoms. The number of aromatic nitrogens is 1. The lowest BCUT2D eigenvalue weighted by Gasteiger charge is -2.39. The van der Waals surface area contributed by atoms with Gasteiger partial charge in [0.25, 0.3) is 5.91 Å². The predicted molar refractivity (Wildman–Crippen MR) is 132 cm³/mol. The molecule has 0 saturated heterocycles. The number of hydrogen-bond donors (Lipinski definition) is 2. The van der Waals surface area contributed by atoms with Crippen molar-refractivity contribution in [2.45, 2.75) is 79.0 Å². The van der Waals surface area contributed by atoms with Crippen LogP contribution in [0.15, 0.2) is 27.5 Å². The molecule has 9 heteroatoms. The number of carbonyl (C=O) groups is 1. The fourth-order valence-electron chi connectivity index (χ4n) is 5.09. The second-order valence-electron chi connectivity index (χ2n) is 10.2. The van der Waals surface area contributed by atoms with Crippen molar-refractivity contribution >= 4 is 22.4 Å². The van der Waals surface area contributed by atoms with Crippen molar-refractivity contribution in [3.63, 3.8) is 0 Å². The highest BCUT2D eigenvalue weighted by atomic mass is 19.4. The van der Waals surface area contributed by atoms with Crippen molar-refractivity contribution in [3.8, 4) is 0 Å². The predicted octanol–water partition coefficient (Wildman–Crippen LogP) is 5.64. The summed E-state index contributed by atoms with van der Waals surface area (Å²) < 4.78 is 47.6. The van der Waals surface area contributed by atoms with Gasteiger partial charge in [-0.25, -0.2) is 4.79 Å². The summed E-state index contributed by atoms with van der Waals surface area (Å²) in [6.45, 7) is 14.2. The molecule has 3 rings (SSSR count). The van der Waals surface area contributed by atoms with E-state index in [1.54, 1.807) is 20.8 Å². The van der Waals surface area contributed by atoms with Crippen LogP contribution < -0.4 is 10.9 Å². The lowest BCUT2D eigenvalue weighted by atomic mass is 9.69. The number of rotatable bonds is 5. The molecule has 1 atom stereocenters. The van der Waals surface area contributed by atoms with Gasteiger partial charge < -0.3 is 14.9 Å². The van der Waals surface area contributed by atoms with Crippen molar-refractivity contribution in [1.29, 1.82) is 0 Å². The van der Waals surface area contributed by atoms with Gasteiger partial charge in [0.1, 0.15) is 0 Å². The first-order valence-corrected chi connectivity index (χ1v) is 11.5. The van der Waals surface area contributed by atoms with Gasteiger partial charge in [-0.05, 0) is 98.5 Å². The molecule has 36 heavy (non-hydrogen) atoms. The molecule has 1 unspecified atom stereocenters. The van der Waals surface area contributed by atoms with Crippen LogP contribution in [0.2, 0.25) is 0 Å².